The van der Waals surface area contributed by atoms with Crippen molar-refractivity contribution in [1.29, 1.82) is 0 Å². The molecule has 0 aliphatic carbocycles. The Balaban J connectivity index is 0.000000633. The second-order valence-electron chi connectivity index (χ2n) is 5.50. The van der Waals surface area contributed by atoms with Crippen LogP contribution in [0.3, 0.4) is 0 Å². The molecule has 6 nitrogen and oxygen atoms in total. The van der Waals surface area contributed by atoms with Crippen LogP contribution < -0.4 is 5.32 Å². The number of pyridine rings is 1. The molecule has 16 heteroatoms. The number of aliphatic carboxylic acids is 1. The first-order valence-electron chi connectivity index (χ1n) is 7.74. The molecule has 2 heterocycles. The van der Waals surface area contributed by atoms with E-state index in [9.17, 15) is 49.1 Å². The summed E-state index contributed by atoms with van der Waals surface area (Å²) in [4.78, 5) is 34.2. The van der Waals surface area contributed by atoms with E-state index in [-0.39, 0.29) is 11.3 Å². The van der Waals surface area contributed by atoms with E-state index < -0.39 is 57.7 Å². The zero-order valence-electron chi connectivity index (χ0n) is 15.0. The molecular weight excluding hydrogens is 487 g/mol. The van der Waals surface area contributed by atoms with Crippen molar-refractivity contribution in [2.45, 2.75) is 24.6 Å². The van der Waals surface area contributed by atoms with Gasteiger partial charge in [-0.3, -0.25) is 14.6 Å². The summed E-state index contributed by atoms with van der Waals surface area (Å²) in [6, 6.07) is 2.87. The summed E-state index contributed by atoms with van der Waals surface area (Å²) in [5, 5.41) is 8.80. The van der Waals surface area contributed by atoms with E-state index in [4.69, 9.17) is 9.90 Å². The fourth-order valence-corrected chi connectivity index (χ4v) is 2.66. The van der Waals surface area contributed by atoms with Crippen LogP contribution in [-0.2, 0) is 4.79 Å². The highest BCUT2D eigenvalue weighted by molar-refractivity contribution is 7.16. The van der Waals surface area contributed by atoms with E-state index in [1.165, 1.54) is 12.1 Å². The van der Waals surface area contributed by atoms with Gasteiger partial charge in [0.25, 0.3) is 11.7 Å². The van der Waals surface area contributed by atoms with Gasteiger partial charge in [0.05, 0.1) is 15.4 Å². The second kappa shape index (κ2) is 9.97. The predicted molar refractivity (Wildman–Crippen MR) is 88.9 cm³/mol. The molecule has 0 fully saturated rings. The van der Waals surface area contributed by atoms with Crippen molar-refractivity contribution >= 4 is 29.0 Å². The lowest BCUT2D eigenvalue weighted by Crippen LogP contribution is -2.38. The number of amides is 1. The van der Waals surface area contributed by atoms with Crippen LogP contribution >= 0.6 is 11.3 Å². The van der Waals surface area contributed by atoms with Crippen molar-refractivity contribution < 1.29 is 59.0 Å². The van der Waals surface area contributed by atoms with Gasteiger partial charge in [-0.2, -0.15) is 39.5 Å². The monoisotopic (exact) mass is 496 g/mol. The average molecular weight is 496 g/mol. The van der Waals surface area contributed by atoms with Gasteiger partial charge in [-0.15, -0.1) is 11.3 Å². The molecular formula is C16H9F9N2O4S. The van der Waals surface area contributed by atoms with Crippen LogP contribution in [-0.4, -0.2) is 46.3 Å². The Labute approximate surface area is 175 Å². The van der Waals surface area contributed by atoms with Gasteiger partial charge < -0.3 is 10.4 Å². The smallest absolute Gasteiger partial charge is 0.475 e. The topological polar surface area (TPSA) is 96.4 Å². The summed E-state index contributed by atoms with van der Waals surface area (Å²) in [6.45, 7) is 0. The third kappa shape index (κ3) is 7.82. The maximum absolute atomic E-state index is 13.1. The van der Waals surface area contributed by atoms with Crippen LogP contribution in [0.1, 0.15) is 31.1 Å². The minimum Gasteiger partial charge on any atom is -0.475 e. The van der Waals surface area contributed by atoms with Gasteiger partial charge in [-0.05, 0) is 24.3 Å². The molecule has 1 amide bonds. The van der Waals surface area contributed by atoms with Gasteiger partial charge in [0, 0.05) is 6.20 Å². The minimum absolute atomic E-state index is 0.154. The van der Waals surface area contributed by atoms with Gasteiger partial charge in [-0.25, -0.2) is 4.79 Å². The van der Waals surface area contributed by atoms with Gasteiger partial charge >= 0.3 is 24.5 Å². The SMILES string of the molecule is O=C(NC(c1ccccn1)C(F)(F)F)c1ccc(C(=O)C(F)(F)F)s1.O=C(O)C(F)(F)F. The molecule has 0 radical (unpaired) electrons. The number of nitrogens with one attached hydrogen (secondary N) is 1. The van der Waals surface area contributed by atoms with Crippen LogP contribution in [0.5, 0.6) is 0 Å². The number of rotatable bonds is 4. The Morgan fingerprint density at radius 3 is 1.81 bits per heavy atom. The number of nitrogens with zero attached hydrogens (tertiary/aromatic N) is 1. The van der Waals surface area contributed by atoms with E-state index in [2.05, 4.69) is 4.98 Å². The molecule has 0 bridgehead atoms. The molecule has 0 saturated carbocycles. The zero-order chi connectivity index (χ0) is 24.9. The summed E-state index contributed by atoms with van der Waals surface area (Å²) in [5.74, 6) is -6.19. The molecule has 32 heavy (non-hydrogen) atoms. The van der Waals surface area contributed by atoms with Crippen LogP contribution in [0.25, 0.3) is 0 Å². The molecule has 176 valence electrons. The number of halogens is 9. The van der Waals surface area contributed by atoms with Crippen LogP contribution in [0, 0.1) is 0 Å². The number of carbonyl (C=O) groups excluding carboxylic acids is 2. The Bertz CT molecular complexity index is 953. The van der Waals surface area contributed by atoms with E-state index in [0.29, 0.717) is 0 Å². The minimum atomic E-state index is -5.14. The summed E-state index contributed by atoms with van der Waals surface area (Å²) in [7, 11) is 0. The standard InChI is InChI=1S/C14H8F6N2O2S.C2HF3O2/c15-13(16,17)10(7-3-1-2-6-21-7)22-12(24)9-5-4-8(25-9)11(23)14(18,19)20;3-2(4,5)1(6)7/h1-6,10H,(H,22,24);(H,6,7). The summed E-state index contributed by atoms with van der Waals surface area (Å²) < 4.78 is 108. The van der Waals surface area contributed by atoms with Gasteiger partial charge in [0.2, 0.25) is 0 Å². The quantitative estimate of drug-likeness (QED) is 0.478. The molecule has 0 aliphatic rings. The number of ketones is 1. The number of Topliss-reactive ketones (excluding diaryl/α,β-unsaturated/α-hetero) is 1. The zero-order valence-corrected chi connectivity index (χ0v) is 15.8. The Kier molecular flexibility index (Phi) is 8.37. The highest BCUT2D eigenvalue weighted by atomic mass is 32.1. The van der Waals surface area contributed by atoms with Crippen molar-refractivity contribution in [3.8, 4) is 0 Å². The van der Waals surface area contributed by atoms with E-state index >= 15 is 0 Å². The molecule has 1 unspecified atom stereocenters. The van der Waals surface area contributed by atoms with Crippen molar-refractivity contribution in [3.63, 3.8) is 0 Å². The lowest BCUT2D eigenvalue weighted by Gasteiger charge is -2.20. The first-order valence-corrected chi connectivity index (χ1v) is 8.56. The molecule has 2 aromatic rings. The summed E-state index contributed by atoms with van der Waals surface area (Å²) in [6.07, 6.45) is -14.0. The fraction of sp³-hybridized carbons (Fsp3) is 0.250. The number of hydrogen-bond acceptors (Lipinski definition) is 5. The molecule has 0 spiro atoms. The molecule has 2 N–H and O–H groups in total. The summed E-state index contributed by atoms with van der Waals surface area (Å²) >= 11 is 0.154. The number of carboxylic acids is 1. The molecule has 0 aliphatic heterocycles. The predicted octanol–water partition coefficient (Wildman–Crippen LogP) is 4.55. The maximum Gasteiger partial charge on any atom is 0.490 e. The van der Waals surface area contributed by atoms with Gasteiger partial charge in [-0.1, -0.05) is 6.07 Å². The Hall–Kier alpha value is -3.17. The first kappa shape index (κ1) is 26.9. The lowest BCUT2D eigenvalue weighted by molar-refractivity contribution is -0.192. The molecule has 0 saturated heterocycles. The van der Waals surface area contributed by atoms with Crippen LogP contribution in [0.2, 0.25) is 0 Å². The molecule has 0 aromatic carbocycles. The third-order valence-electron chi connectivity index (χ3n) is 3.14. The normalized spacial score (nSPS) is 12.9. The largest absolute Gasteiger partial charge is 0.490 e. The van der Waals surface area contributed by atoms with E-state index in [1.54, 1.807) is 5.32 Å². The second-order valence-corrected chi connectivity index (χ2v) is 6.58. The van der Waals surface area contributed by atoms with Crippen LogP contribution in [0.4, 0.5) is 39.5 Å². The maximum atomic E-state index is 13.1. The van der Waals surface area contributed by atoms with Crippen molar-refractivity contribution in [1.82, 2.24) is 10.3 Å². The van der Waals surface area contributed by atoms with Crippen molar-refractivity contribution in [3.05, 3.63) is 52.0 Å². The lowest BCUT2D eigenvalue weighted by atomic mass is 10.1. The van der Waals surface area contributed by atoms with E-state index in [1.807, 2.05) is 0 Å². The third-order valence-corrected chi connectivity index (χ3v) is 4.22. The average Bonchev–Trinajstić information content (AvgIpc) is 3.14. The van der Waals surface area contributed by atoms with Gasteiger partial charge in [0.15, 0.2) is 6.04 Å². The number of hydrogen-bond donors (Lipinski definition) is 2. The molecule has 2 aromatic heterocycles. The van der Waals surface area contributed by atoms with Crippen LogP contribution in [0.15, 0.2) is 36.5 Å². The van der Waals surface area contributed by atoms with Gasteiger partial charge in [0.1, 0.15) is 0 Å². The number of aromatic nitrogens is 1. The number of carbonyl (C=O) groups is 3. The number of thiophene rings is 1. The van der Waals surface area contributed by atoms with E-state index in [0.717, 1.165) is 24.4 Å². The number of carboxylic acid groups (broad SMARTS) is 1. The molecule has 1 atom stereocenters. The highest BCUT2D eigenvalue weighted by Crippen LogP contribution is 2.32. The summed E-state index contributed by atoms with van der Waals surface area (Å²) in [5.41, 5.74) is -0.480. The molecule has 2 rings (SSSR count). The Morgan fingerprint density at radius 1 is 0.875 bits per heavy atom. The highest BCUT2D eigenvalue weighted by Gasteiger charge is 2.44. The van der Waals surface area contributed by atoms with Crippen molar-refractivity contribution in [2.24, 2.45) is 0 Å². The first-order chi connectivity index (χ1) is 14.4. The fourth-order valence-electron chi connectivity index (χ4n) is 1.79. The van der Waals surface area contributed by atoms with Crippen molar-refractivity contribution in [2.75, 3.05) is 0 Å². The Morgan fingerprint density at radius 2 is 1.41 bits per heavy atom. The number of alkyl halides is 9.